The number of amidine groups is 1. The largest absolute Gasteiger partial charge is 0.379 e. The van der Waals surface area contributed by atoms with Gasteiger partial charge in [0.05, 0.1) is 19.8 Å². The predicted molar refractivity (Wildman–Crippen MR) is 100 cm³/mol. The van der Waals surface area contributed by atoms with E-state index >= 15 is 0 Å². The number of fused-ring (bicyclic) bond motifs is 1. The molecule has 3 amide bonds. The van der Waals surface area contributed by atoms with Gasteiger partial charge in [0.15, 0.2) is 12.2 Å². The van der Waals surface area contributed by atoms with Gasteiger partial charge in [-0.2, -0.15) is 0 Å². The van der Waals surface area contributed by atoms with Crippen LogP contribution in [0.2, 0.25) is 0 Å². The predicted octanol–water partition coefficient (Wildman–Crippen LogP) is 0.418. The molecule has 2 saturated heterocycles. The molecule has 2 unspecified atom stereocenters. The minimum atomic E-state index is -0.496. The topological polar surface area (TPSA) is 77.5 Å². The lowest BCUT2D eigenvalue weighted by Gasteiger charge is -2.37. The van der Waals surface area contributed by atoms with Crippen LogP contribution in [0, 0.1) is 6.92 Å². The molecule has 1 N–H and O–H groups in total. The van der Waals surface area contributed by atoms with E-state index in [4.69, 9.17) is 9.73 Å². The number of likely N-dealkylation sites (N-methyl/N-ethyl adjacent to an activating group) is 1. The van der Waals surface area contributed by atoms with Crippen LogP contribution in [0.5, 0.6) is 0 Å². The summed E-state index contributed by atoms with van der Waals surface area (Å²) in [5.74, 6) is 0.571. The van der Waals surface area contributed by atoms with E-state index in [1.165, 1.54) is 10.5 Å². The molecule has 144 valence electrons. The molecule has 0 saturated carbocycles. The first-order valence-corrected chi connectivity index (χ1v) is 9.29. The lowest BCUT2D eigenvalue weighted by atomic mass is 10.1. The summed E-state index contributed by atoms with van der Waals surface area (Å²) < 4.78 is 5.43. The maximum absolute atomic E-state index is 12.6. The number of hydrogen-bond donors (Lipinski definition) is 1. The van der Waals surface area contributed by atoms with Gasteiger partial charge in [-0.25, -0.2) is 9.79 Å². The molecule has 0 aromatic heterocycles. The van der Waals surface area contributed by atoms with E-state index in [1.807, 2.05) is 11.0 Å². The maximum Gasteiger partial charge on any atom is 0.325 e. The Morgan fingerprint density at radius 3 is 2.74 bits per heavy atom. The van der Waals surface area contributed by atoms with Gasteiger partial charge in [0.2, 0.25) is 0 Å². The Bertz CT molecular complexity index is 774. The summed E-state index contributed by atoms with van der Waals surface area (Å²) in [6.45, 7) is 6.38. The van der Waals surface area contributed by atoms with Crippen molar-refractivity contribution >= 4 is 17.8 Å². The molecule has 0 bridgehead atoms. The Balaban J connectivity index is 1.62. The molecule has 3 aliphatic rings. The highest BCUT2D eigenvalue weighted by Crippen LogP contribution is 2.26. The van der Waals surface area contributed by atoms with Gasteiger partial charge in [-0.15, -0.1) is 0 Å². The molecule has 3 heterocycles. The van der Waals surface area contributed by atoms with Crippen molar-refractivity contribution in [1.29, 1.82) is 0 Å². The summed E-state index contributed by atoms with van der Waals surface area (Å²) in [4.78, 5) is 35.3. The first kappa shape index (κ1) is 17.9. The zero-order valence-electron chi connectivity index (χ0n) is 15.7. The van der Waals surface area contributed by atoms with Gasteiger partial charge in [0.25, 0.3) is 5.91 Å². The number of morpholine rings is 1. The Morgan fingerprint density at radius 1 is 1.22 bits per heavy atom. The molecule has 27 heavy (non-hydrogen) atoms. The van der Waals surface area contributed by atoms with Crippen LogP contribution in [0.4, 0.5) is 4.79 Å². The zero-order valence-corrected chi connectivity index (χ0v) is 15.7. The summed E-state index contributed by atoms with van der Waals surface area (Å²) in [5.41, 5.74) is 2.30. The van der Waals surface area contributed by atoms with E-state index in [-0.39, 0.29) is 5.91 Å². The number of aliphatic imine (C=N–C) groups is 1. The number of imide groups is 1. The lowest BCUT2D eigenvalue weighted by molar-refractivity contribution is -0.127. The number of ether oxygens (including phenoxy) is 1. The number of amides is 3. The van der Waals surface area contributed by atoms with Gasteiger partial charge in [0.1, 0.15) is 5.84 Å². The molecule has 4 rings (SSSR count). The fourth-order valence-corrected chi connectivity index (χ4v) is 3.87. The van der Waals surface area contributed by atoms with Crippen molar-refractivity contribution in [3.05, 3.63) is 35.4 Å². The molecular formula is C19H25N5O3. The number of rotatable bonds is 4. The highest BCUT2D eigenvalue weighted by Gasteiger charge is 2.48. The van der Waals surface area contributed by atoms with Crippen LogP contribution in [-0.4, -0.2) is 84.6 Å². The van der Waals surface area contributed by atoms with Crippen LogP contribution < -0.4 is 5.32 Å². The van der Waals surface area contributed by atoms with Gasteiger partial charge in [0, 0.05) is 26.7 Å². The van der Waals surface area contributed by atoms with Crippen LogP contribution in [0.15, 0.2) is 29.3 Å². The minimum absolute atomic E-state index is 0.281. The van der Waals surface area contributed by atoms with Gasteiger partial charge in [-0.1, -0.05) is 29.8 Å². The molecule has 0 spiro atoms. The van der Waals surface area contributed by atoms with Crippen LogP contribution in [0.1, 0.15) is 11.1 Å². The lowest BCUT2D eigenvalue weighted by Crippen LogP contribution is -2.63. The normalized spacial score (nSPS) is 26.1. The molecule has 3 aliphatic heterocycles. The SMILES string of the molecule is Cc1cccc(CN2C(CN3CCOCC3)=NC3C2C(=O)NC(=O)N3C)c1. The second-order valence-electron chi connectivity index (χ2n) is 7.31. The van der Waals surface area contributed by atoms with Gasteiger partial charge in [-0.3, -0.25) is 15.0 Å². The monoisotopic (exact) mass is 371 g/mol. The third-order valence-corrected chi connectivity index (χ3v) is 5.35. The van der Waals surface area contributed by atoms with Crippen molar-refractivity contribution in [2.45, 2.75) is 25.7 Å². The highest BCUT2D eigenvalue weighted by atomic mass is 16.5. The Labute approximate surface area is 158 Å². The van der Waals surface area contributed by atoms with Crippen LogP contribution in [0.3, 0.4) is 0 Å². The van der Waals surface area contributed by atoms with Crippen molar-refractivity contribution in [1.82, 2.24) is 20.0 Å². The number of benzene rings is 1. The molecule has 2 fully saturated rings. The van der Waals surface area contributed by atoms with Crippen molar-refractivity contribution in [2.24, 2.45) is 4.99 Å². The first-order valence-electron chi connectivity index (χ1n) is 9.29. The van der Waals surface area contributed by atoms with Crippen LogP contribution in [-0.2, 0) is 16.1 Å². The third kappa shape index (κ3) is 3.54. The summed E-state index contributed by atoms with van der Waals surface area (Å²) in [7, 11) is 1.69. The Kier molecular flexibility index (Phi) is 4.84. The van der Waals surface area contributed by atoms with E-state index in [1.54, 1.807) is 7.05 Å². The smallest absolute Gasteiger partial charge is 0.325 e. The first-order chi connectivity index (χ1) is 13.0. The van der Waals surface area contributed by atoms with E-state index in [0.29, 0.717) is 26.3 Å². The quantitative estimate of drug-likeness (QED) is 0.830. The standard InChI is InChI=1S/C19H25N5O3/c1-13-4-3-5-14(10-13)11-24-15(12-23-6-8-27-9-7-23)20-17-16(24)18(25)21-19(26)22(17)2/h3-5,10,16-17H,6-9,11-12H2,1-2H3,(H,21,25,26). The van der Waals surface area contributed by atoms with Gasteiger partial charge >= 0.3 is 6.03 Å². The van der Waals surface area contributed by atoms with Crippen LogP contribution >= 0.6 is 0 Å². The molecule has 0 radical (unpaired) electrons. The Morgan fingerprint density at radius 2 is 2.00 bits per heavy atom. The number of carbonyl (C=O) groups excluding carboxylic acids is 2. The van der Waals surface area contributed by atoms with E-state index in [9.17, 15) is 9.59 Å². The Hall–Kier alpha value is -2.45. The number of urea groups is 1. The summed E-state index contributed by atoms with van der Waals surface area (Å²) in [6, 6.07) is 7.36. The average Bonchev–Trinajstić information content (AvgIpc) is 2.99. The summed E-state index contributed by atoms with van der Waals surface area (Å²) in [6.07, 6.45) is -0.480. The average molecular weight is 371 g/mol. The molecule has 1 aromatic rings. The maximum atomic E-state index is 12.6. The van der Waals surface area contributed by atoms with Crippen molar-refractivity contribution in [3.63, 3.8) is 0 Å². The molecule has 2 atom stereocenters. The number of aryl methyl sites for hydroxylation is 1. The fraction of sp³-hybridized carbons (Fsp3) is 0.526. The minimum Gasteiger partial charge on any atom is -0.379 e. The number of carbonyl (C=O) groups is 2. The highest BCUT2D eigenvalue weighted by molar-refractivity contribution is 6.04. The third-order valence-electron chi connectivity index (χ3n) is 5.35. The van der Waals surface area contributed by atoms with E-state index in [2.05, 4.69) is 35.3 Å². The number of hydrogen-bond acceptors (Lipinski definition) is 6. The second-order valence-corrected chi connectivity index (χ2v) is 7.31. The van der Waals surface area contributed by atoms with Gasteiger partial charge in [-0.05, 0) is 12.5 Å². The number of nitrogens with zero attached hydrogens (tertiary/aromatic N) is 4. The fourth-order valence-electron chi connectivity index (χ4n) is 3.87. The molecule has 8 heteroatoms. The molecular weight excluding hydrogens is 346 g/mol. The summed E-state index contributed by atoms with van der Waals surface area (Å²) in [5, 5.41) is 2.45. The van der Waals surface area contributed by atoms with Crippen molar-refractivity contribution in [2.75, 3.05) is 39.9 Å². The number of nitrogens with one attached hydrogen (secondary N) is 1. The molecule has 1 aromatic carbocycles. The molecule has 8 nitrogen and oxygen atoms in total. The van der Waals surface area contributed by atoms with Crippen molar-refractivity contribution in [3.8, 4) is 0 Å². The zero-order chi connectivity index (χ0) is 19.0. The van der Waals surface area contributed by atoms with Crippen molar-refractivity contribution < 1.29 is 14.3 Å². The van der Waals surface area contributed by atoms with Gasteiger partial charge < -0.3 is 14.5 Å². The second kappa shape index (κ2) is 7.28. The van der Waals surface area contributed by atoms with E-state index < -0.39 is 18.2 Å². The summed E-state index contributed by atoms with van der Waals surface area (Å²) >= 11 is 0. The molecule has 0 aliphatic carbocycles. The van der Waals surface area contributed by atoms with E-state index in [0.717, 1.165) is 24.5 Å². The van der Waals surface area contributed by atoms with Crippen LogP contribution in [0.25, 0.3) is 0 Å².